The number of amides is 1. The summed E-state index contributed by atoms with van der Waals surface area (Å²) in [4.78, 5) is 18.5. The van der Waals surface area contributed by atoms with Crippen LogP contribution in [0.25, 0.3) is 0 Å². The lowest BCUT2D eigenvalue weighted by Crippen LogP contribution is -2.44. The molecule has 0 radical (unpaired) electrons. The van der Waals surface area contributed by atoms with Gasteiger partial charge in [-0.3, -0.25) is 0 Å². The summed E-state index contributed by atoms with van der Waals surface area (Å²) in [5.41, 5.74) is -0.513. The predicted molar refractivity (Wildman–Crippen MR) is 114 cm³/mol. The minimum atomic E-state index is -0.781. The number of nitrogens with one attached hydrogen (secondary N) is 2. The molecule has 0 saturated carbocycles. The molecule has 1 aliphatic heterocycles. The maximum Gasteiger partial charge on any atom is 0.407 e. The van der Waals surface area contributed by atoms with E-state index in [9.17, 15) is 9.90 Å². The lowest BCUT2D eigenvalue weighted by molar-refractivity contribution is 0.0507. The van der Waals surface area contributed by atoms with E-state index in [-0.39, 0.29) is 36.6 Å². The van der Waals surface area contributed by atoms with Gasteiger partial charge < -0.3 is 29.8 Å². The molecule has 27 heavy (non-hydrogen) atoms. The van der Waals surface area contributed by atoms with E-state index in [1.807, 2.05) is 27.7 Å². The van der Waals surface area contributed by atoms with Gasteiger partial charge in [0.2, 0.25) is 0 Å². The molecule has 154 valence electrons. The fourth-order valence-corrected chi connectivity index (χ4v) is 2.71. The largest absolute Gasteiger partial charge is 0.467 e. The molecular formula is C18H31IN4O4. The molecular weight excluding hydrogens is 463 g/mol. The molecule has 2 unspecified atom stereocenters. The van der Waals surface area contributed by atoms with Gasteiger partial charge in [-0.1, -0.05) is 0 Å². The van der Waals surface area contributed by atoms with Crippen LogP contribution in [0.3, 0.4) is 0 Å². The Kier molecular flexibility index (Phi) is 9.37. The number of likely N-dealkylation sites (tertiary alicyclic amines) is 1. The first kappa shape index (κ1) is 23.5. The lowest BCUT2D eigenvalue weighted by Gasteiger charge is -2.23. The summed E-state index contributed by atoms with van der Waals surface area (Å²) in [6.45, 7) is 9.85. The second-order valence-corrected chi connectivity index (χ2v) is 7.30. The first-order valence-corrected chi connectivity index (χ1v) is 9.02. The van der Waals surface area contributed by atoms with Crippen molar-refractivity contribution < 1.29 is 19.1 Å². The van der Waals surface area contributed by atoms with Crippen LogP contribution < -0.4 is 10.6 Å². The number of ether oxygens (including phenoxy) is 1. The number of nitrogens with zero attached hydrogens (tertiary/aromatic N) is 2. The fraction of sp³-hybridized carbons (Fsp3) is 0.667. The van der Waals surface area contributed by atoms with Crippen molar-refractivity contribution in [3.8, 4) is 0 Å². The van der Waals surface area contributed by atoms with Gasteiger partial charge in [0.1, 0.15) is 17.5 Å². The molecule has 1 saturated heterocycles. The second kappa shape index (κ2) is 10.7. The van der Waals surface area contributed by atoms with Crippen LogP contribution in [-0.4, -0.2) is 59.9 Å². The third-order valence-electron chi connectivity index (χ3n) is 3.83. The molecule has 3 N–H and O–H groups in total. The highest BCUT2D eigenvalue weighted by Gasteiger charge is 2.28. The summed E-state index contributed by atoms with van der Waals surface area (Å²) >= 11 is 0. The van der Waals surface area contributed by atoms with Crippen LogP contribution >= 0.6 is 24.0 Å². The molecule has 0 aliphatic carbocycles. The molecule has 1 aromatic heterocycles. The van der Waals surface area contributed by atoms with Gasteiger partial charge in [0.15, 0.2) is 5.96 Å². The second-order valence-electron chi connectivity index (χ2n) is 7.30. The third kappa shape index (κ3) is 7.96. The van der Waals surface area contributed by atoms with Gasteiger partial charge in [-0.25, -0.2) is 9.79 Å². The molecule has 2 heterocycles. The van der Waals surface area contributed by atoms with Crippen LogP contribution in [0.1, 0.15) is 46.0 Å². The minimum absolute atomic E-state index is 0. The number of aliphatic hydroxyl groups is 1. The van der Waals surface area contributed by atoms with Crippen molar-refractivity contribution in [3.63, 3.8) is 0 Å². The summed E-state index contributed by atoms with van der Waals surface area (Å²) < 4.78 is 10.5. The Morgan fingerprint density at radius 3 is 2.85 bits per heavy atom. The Labute approximate surface area is 177 Å². The van der Waals surface area contributed by atoms with Crippen LogP contribution in [0.2, 0.25) is 0 Å². The fourth-order valence-electron chi connectivity index (χ4n) is 2.71. The van der Waals surface area contributed by atoms with E-state index < -0.39 is 17.8 Å². The van der Waals surface area contributed by atoms with Crippen molar-refractivity contribution in [2.24, 2.45) is 4.99 Å². The average molecular weight is 494 g/mol. The van der Waals surface area contributed by atoms with Gasteiger partial charge in [0, 0.05) is 19.6 Å². The summed E-state index contributed by atoms with van der Waals surface area (Å²) in [5, 5.41) is 16.3. The average Bonchev–Trinajstić information content (AvgIpc) is 3.20. The number of carbonyl (C=O) groups excluding carboxylic acids is 1. The molecule has 0 spiro atoms. The highest BCUT2D eigenvalue weighted by atomic mass is 127. The quantitative estimate of drug-likeness (QED) is 0.331. The molecule has 1 amide bonds. The first-order chi connectivity index (χ1) is 12.3. The van der Waals surface area contributed by atoms with Crippen molar-refractivity contribution in [1.29, 1.82) is 0 Å². The van der Waals surface area contributed by atoms with Crippen molar-refractivity contribution >= 4 is 36.0 Å². The highest BCUT2D eigenvalue weighted by molar-refractivity contribution is 14.0. The number of alkyl carbamates (subject to hydrolysis) is 1. The van der Waals surface area contributed by atoms with Gasteiger partial charge in [-0.15, -0.1) is 24.0 Å². The van der Waals surface area contributed by atoms with Crippen LogP contribution in [0.4, 0.5) is 4.79 Å². The Morgan fingerprint density at radius 2 is 2.26 bits per heavy atom. The van der Waals surface area contributed by atoms with Crippen molar-refractivity contribution in [1.82, 2.24) is 15.5 Å². The van der Waals surface area contributed by atoms with E-state index in [0.29, 0.717) is 18.3 Å². The number of hydrogen-bond donors (Lipinski definition) is 3. The molecule has 1 aliphatic rings. The number of halogens is 1. The van der Waals surface area contributed by atoms with E-state index in [2.05, 4.69) is 20.5 Å². The minimum Gasteiger partial charge on any atom is -0.467 e. The summed E-state index contributed by atoms with van der Waals surface area (Å²) in [6, 6.07) is 3.47. The van der Waals surface area contributed by atoms with Crippen LogP contribution in [0.15, 0.2) is 27.8 Å². The van der Waals surface area contributed by atoms with Crippen LogP contribution in [-0.2, 0) is 4.74 Å². The van der Waals surface area contributed by atoms with Gasteiger partial charge in [0.25, 0.3) is 0 Å². The Balaban J connectivity index is 0.00000364. The molecule has 0 bridgehead atoms. The zero-order chi connectivity index (χ0) is 19.2. The maximum atomic E-state index is 11.9. The highest BCUT2D eigenvalue weighted by Crippen LogP contribution is 2.15. The van der Waals surface area contributed by atoms with Crippen molar-refractivity contribution in [2.75, 3.05) is 26.2 Å². The summed E-state index contributed by atoms with van der Waals surface area (Å²) in [7, 11) is 0. The molecule has 8 nitrogen and oxygen atoms in total. The van der Waals surface area contributed by atoms with E-state index in [0.717, 1.165) is 19.5 Å². The first-order valence-electron chi connectivity index (χ1n) is 9.02. The number of furan rings is 1. The number of guanidine groups is 1. The van der Waals surface area contributed by atoms with Gasteiger partial charge in [-0.05, 0) is 46.2 Å². The monoisotopic (exact) mass is 494 g/mol. The van der Waals surface area contributed by atoms with Crippen LogP contribution in [0, 0.1) is 0 Å². The third-order valence-corrected chi connectivity index (χ3v) is 3.83. The number of rotatable bonds is 5. The topological polar surface area (TPSA) is 99.3 Å². The summed E-state index contributed by atoms with van der Waals surface area (Å²) in [6.07, 6.45) is 1.15. The molecule has 1 aromatic rings. The SMILES string of the molecule is CCNC(=NCC(O)c1ccco1)N1CCC(NC(=O)OC(C)(C)C)C1.I. The normalized spacial score (nSPS) is 18.6. The van der Waals surface area contributed by atoms with Crippen molar-refractivity contribution in [3.05, 3.63) is 24.2 Å². The Bertz CT molecular complexity index is 601. The number of aliphatic imine (C=N–C) groups is 1. The predicted octanol–water partition coefficient (Wildman–Crippen LogP) is 2.50. The standard InChI is InChI=1S/C18H30N4O4.HI/c1-5-19-16(20-11-14(23)15-7-6-10-25-15)22-9-8-13(12-22)21-17(24)26-18(2,3)4;/h6-7,10,13-14,23H,5,8-9,11-12H2,1-4H3,(H,19,20)(H,21,24);1H. The van der Waals surface area contributed by atoms with Gasteiger partial charge in [-0.2, -0.15) is 0 Å². The number of hydrogen-bond acceptors (Lipinski definition) is 5. The van der Waals surface area contributed by atoms with Crippen LogP contribution in [0.5, 0.6) is 0 Å². The maximum absolute atomic E-state index is 11.9. The lowest BCUT2D eigenvalue weighted by atomic mass is 10.2. The van der Waals surface area contributed by atoms with Gasteiger partial charge >= 0.3 is 6.09 Å². The molecule has 2 rings (SSSR count). The zero-order valence-electron chi connectivity index (χ0n) is 16.4. The molecule has 2 atom stereocenters. The van der Waals surface area contributed by atoms with Gasteiger partial charge in [0.05, 0.1) is 18.8 Å². The molecule has 0 aromatic carbocycles. The molecule has 9 heteroatoms. The Morgan fingerprint density at radius 1 is 1.52 bits per heavy atom. The van der Waals surface area contributed by atoms with E-state index in [4.69, 9.17) is 9.15 Å². The van der Waals surface area contributed by atoms with E-state index in [1.165, 1.54) is 6.26 Å². The smallest absolute Gasteiger partial charge is 0.407 e. The number of carbonyl (C=O) groups is 1. The summed E-state index contributed by atoms with van der Waals surface area (Å²) in [5.74, 6) is 1.21. The molecule has 1 fully saturated rings. The van der Waals surface area contributed by atoms with E-state index >= 15 is 0 Å². The van der Waals surface area contributed by atoms with Crippen molar-refractivity contribution in [2.45, 2.75) is 51.9 Å². The number of aliphatic hydroxyl groups excluding tert-OH is 1. The Hall–Kier alpha value is -1.49. The van der Waals surface area contributed by atoms with E-state index in [1.54, 1.807) is 12.1 Å². The zero-order valence-corrected chi connectivity index (χ0v) is 18.7.